The second kappa shape index (κ2) is 9.67. The zero-order valence-corrected chi connectivity index (χ0v) is 21.2. The number of rotatable bonds is 7. The number of fused-ring (bicyclic) bond motifs is 1. The molecule has 1 unspecified atom stereocenters. The average Bonchev–Trinajstić information content (AvgIpc) is 3.42. The zero-order chi connectivity index (χ0) is 26.3. The number of anilines is 1. The number of ether oxygens (including phenoxy) is 2. The van der Waals surface area contributed by atoms with Crippen molar-refractivity contribution >= 4 is 39.9 Å². The summed E-state index contributed by atoms with van der Waals surface area (Å²) in [4.78, 5) is 28.6. The topological polar surface area (TPSA) is 89.2 Å². The number of halogens is 1. The van der Waals surface area contributed by atoms with E-state index < -0.39 is 23.5 Å². The van der Waals surface area contributed by atoms with Gasteiger partial charge in [0.15, 0.2) is 11.5 Å². The molecule has 0 saturated heterocycles. The maximum Gasteiger partial charge on any atom is 0.294 e. The van der Waals surface area contributed by atoms with Gasteiger partial charge in [-0.3, -0.25) is 14.5 Å². The minimum absolute atomic E-state index is 0.0192. The van der Waals surface area contributed by atoms with E-state index in [2.05, 4.69) is 0 Å². The van der Waals surface area contributed by atoms with Crippen LogP contribution in [0.1, 0.15) is 36.0 Å². The number of furan rings is 1. The number of carbonyl (C=O) groups excluding carboxylic acids is 2. The molecule has 0 spiro atoms. The molecule has 0 bridgehead atoms. The number of hydrogen-bond donors (Lipinski definition) is 1. The number of aliphatic hydroxyl groups excluding tert-OH is 1. The lowest BCUT2D eigenvalue weighted by Gasteiger charge is -2.28. The number of aliphatic hydroxyl groups is 1. The minimum atomic E-state index is -0.968. The second-order valence-electron chi connectivity index (χ2n) is 8.86. The predicted molar refractivity (Wildman–Crippen MR) is 141 cm³/mol. The van der Waals surface area contributed by atoms with Gasteiger partial charge in [-0.05, 0) is 68.4 Å². The molecule has 37 heavy (non-hydrogen) atoms. The lowest BCUT2D eigenvalue weighted by molar-refractivity contribution is -0.117. The minimum Gasteiger partial charge on any atom is -0.503 e. The van der Waals surface area contributed by atoms with Gasteiger partial charge in [0.2, 0.25) is 5.78 Å². The van der Waals surface area contributed by atoms with Gasteiger partial charge in [-0.25, -0.2) is 0 Å². The summed E-state index contributed by atoms with van der Waals surface area (Å²) in [6.07, 6.45) is -0.0192. The number of amides is 1. The highest BCUT2D eigenvalue weighted by molar-refractivity contribution is 6.31. The smallest absolute Gasteiger partial charge is 0.294 e. The van der Waals surface area contributed by atoms with E-state index >= 15 is 0 Å². The Labute approximate surface area is 218 Å². The normalized spacial score (nSPS) is 15.6. The van der Waals surface area contributed by atoms with Gasteiger partial charge in [0.1, 0.15) is 17.1 Å². The number of Topliss-reactive ketones (excluding diaryl/α,β-unsaturated/α-hetero) is 1. The monoisotopic (exact) mass is 517 g/mol. The molecule has 0 fully saturated rings. The Kier molecular flexibility index (Phi) is 6.39. The summed E-state index contributed by atoms with van der Waals surface area (Å²) in [5, 5.41) is 12.2. The van der Waals surface area contributed by atoms with Gasteiger partial charge in [0.05, 0.1) is 24.8 Å². The molecule has 4 aromatic rings. The van der Waals surface area contributed by atoms with Gasteiger partial charge in [-0.15, -0.1) is 0 Å². The first-order valence-corrected chi connectivity index (χ1v) is 12.1. The van der Waals surface area contributed by atoms with Crippen LogP contribution in [0, 0.1) is 0 Å². The Hall–Kier alpha value is -4.23. The van der Waals surface area contributed by atoms with E-state index in [1.165, 1.54) is 12.0 Å². The lowest BCUT2D eigenvalue weighted by atomic mass is 9.94. The Morgan fingerprint density at radius 3 is 2.49 bits per heavy atom. The molecule has 3 aromatic carbocycles. The molecule has 1 aromatic heterocycles. The number of hydrogen-bond acceptors (Lipinski definition) is 6. The fraction of sp³-hybridized carbons (Fsp3) is 0.172. The fourth-order valence-electron chi connectivity index (χ4n) is 4.51. The fourth-order valence-corrected chi connectivity index (χ4v) is 4.69. The second-order valence-corrected chi connectivity index (χ2v) is 9.30. The first kappa shape index (κ1) is 24.5. The SMILES string of the molecule is COc1ccccc1C1C(C(=O)c2cc3cc(Cl)ccc3o2)=C(O)C(=O)N1c1ccc(OC(C)C)cc1. The van der Waals surface area contributed by atoms with Crippen molar-refractivity contribution in [1.82, 2.24) is 0 Å². The summed E-state index contributed by atoms with van der Waals surface area (Å²) in [5.41, 5.74) is 1.36. The van der Waals surface area contributed by atoms with Crippen molar-refractivity contribution in [2.45, 2.75) is 26.0 Å². The van der Waals surface area contributed by atoms with Crippen LogP contribution < -0.4 is 14.4 Å². The summed E-state index contributed by atoms with van der Waals surface area (Å²) in [6.45, 7) is 3.84. The number of nitrogens with zero attached hydrogens (tertiary/aromatic N) is 1. The van der Waals surface area contributed by atoms with Crippen LogP contribution in [-0.2, 0) is 4.79 Å². The summed E-state index contributed by atoms with van der Waals surface area (Å²) in [7, 11) is 1.51. The van der Waals surface area contributed by atoms with E-state index in [-0.39, 0.29) is 17.4 Å². The Balaban J connectivity index is 1.63. The van der Waals surface area contributed by atoms with Crippen LogP contribution >= 0.6 is 11.6 Å². The van der Waals surface area contributed by atoms with Crippen LogP contribution in [-0.4, -0.2) is 30.0 Å². The lowest BCUT2D eigenvalue weighted by Crippen LogP contribution is -2.31. The molecule has 188 valence electrons. The number of ketones is 1. The number of carbonyl (C=O) groups is 2. The third-order valence-electron chi connectivity index (χ3n) is 6.08. The van der Waals surface area contributed by atoms with Gasteiger partial charge < -0.3 is 19.0 Å². The highest BCUT2D eigenvalue weighted by Gasteiger charge is 2.46. The van der Waals surface area contributed by atoms with Crippen molar-refractivity contribution in [2.24, 2.45) is 0 Å². The van der Waals surface area contributed by atoms with Gasteiger partial charge in [0.25, 0.3) is 5.91 Å². The quantitative estimate of drug-likeness (QED) is 0.275. The van der Waals surface area contributed by atoms with Gasteiger partial charge >= 0.3 is 0 Å². The number of para-hydroxylation sites is 1. The summed E-state index contributed by atoms with van der Waals surface area (Å²) in [5.74, 6) is -0.904. The summed E-state index contributed by atoms with van der Waals surface area (Å²) >= 11 is 6.09. The van der Waals surface area contributed by atoms with Crippen molar-refractivity contribution in [3.05, 3.63) is 100 Å². The van der Waals surface area contributed by atoms with Crippen molar-refractivity contribution in [2.75, 3.05) is 12.0 Å². The van der Waals surface area contributed by atoms with Crippen LogP contribution in [0.4, 0.5) is 5.69 Å². The van der Waals surface area contributed by atoms with Crippen LogP contribution in [0.3, 0.4) is 0 Å². The first-order chi connectivity index (χ1) is 17.8. The van der Waals surface area contributed by atoms with Crippen LogP contribution in [0.5, 0.6) is 11.5 Å². The van der Waals surface area contributed by atoms with Gasteiger partial charge in [0, 0.05) is 21.7 Å². The molecular formula is C29H24ClNO6. The van der Waals surface area contributed by atoms with E-state index in [4.69, 9.17) is 25.5 Å². The average molecular weight is 518 g/mol. The van der Waals surface area contributed by atoms with Crippen molar-refractivity contribution in [3.8, 4) is 11.5 Å². The molecule has 2 heterocycles. The zero-order valence-electron chi connectivity index (χ0n) is 20.4. The number of methoxy groups -OCH3 is 1. The molecule has 5 rings (SSSR count). The predicted octanol–water partition coefficient (Wildman–Crippen LogP) is 6.66. The summed E-state index contributed by atoms with van der Waals surface area (Å²) in [6, 6.07) is 19.5. The molecule has 1 amide bonds. The Morgan fingerprint density at radius 2 is 1.78 bits per heavy atom. The largest absolute Gasteiger partial charge is 0.503 e. The van der Waals surface area contributed by atoms with E-state index in [0.29, 0.717) is 38.7 Å². The molecule has 8 heteroatoms. The van der Waals surface area contributed by atoms with Crippen molar-refractivity contribution in [3.63, 3.8) is 0 Å². The highest BCUT2D eigenvalue weighted by atomic mass is 35.5. The molecular weight excluding hydrogens is 494 g/mol. The maximum absolute atomic E-state index is 13.8. The van der Waals surface area contributed by atoms with E-state index in [9.17, 15) is 14.7 Å². The van der Waals surface area contributed by atoms with Crippen molar-refractivity contribution in [1.29, 1.82) is 0 Å². The Bertz CT molecular complexity index is 1540. The molecule has 1 aliphatic rings. The maximum atomic E-state index is 13.8. The van der Waals surface area contributed by atoms with Crippen molar-refractivity contribution < 1.29 is 28.6 Å². The molecule has 0 radical (unpaired) electrons. The third-order valence-corrected chi connectivity index (χ3v) is 6.31. The van der Waals surface area contributed by atoms with Gasteiger partial charge in [-0.1, -0.05) is 29.8 Å². The first-order valence-electron chi connectivity index (χ1n) is 11.7. The van der Waals surface area contributed by atoms with Crippen LogP contribution in [0.15, 0.2) is 88.5 Å². The van der Waals surface area contributed by atoms with E-state index in [1.807, 2.05) is 13.8 Å². The van der Waals surface area contributed by atoms with E-state index in [0.717, 1.165) is 0 Å². The standard InChI is InChI=1S/C29H24ClNO6/c1-16(2)36-20-11-9-19(10-12-20)31-26(21-6-4-5-7-23(21)35-3)25(28(33)29(31)34)27(32)24-15-17-14-18(30)8-13-22(17)37-24/h4-16,26,33H,1-3H3. The molecule has 1 N–H and O–H groups in total. The van der Waals surface area contributed by atoms with E-state index in [1.54, 1.807) is 72.8 Å². The van der Waals surface area contributed by atoms with Crippen LogP contribution in [0.2, 0.25) is 5.02 Å². The van der Waals surface area contributed by atoms with Gasteiger partial charge in [-0.2, -0.15) is 0 Å². The highest BCUT2D eigenvalue weighted by Crippen LogP contribution is 2.45. The molecule has 0 saturated carbocycles. The molecule has 7 nitrogen and oxygen atoms in total. The molecule has 1 aliphatic heterocycles. The van der Waals surface area contributed by atoms with Crippen LogP contribution in [0.25, 0.3) is 11.0 Å². The number of benzene rings is 3. The third kappa shape index (κ3) is 4.42. The molecule has 1 atom stereocenters. The Morgan fingerprint density at radius 1 is 1.05 bits per heavy atom. The molecule has 0 aliphatic carbocycles. The summed E-state index contributed by atoms with van der Waals surface area (Å²) < 4.78 is 17.1.